The normalized spacial score (nSPS) is 16.2. The molecule has 0 radical (unpaired) electrons. The van der Waals surface area contributed by atoms with E-state index in [1.807, 2.05) is 29.1 Å². The molecule has 1 aliphatic heterocycles. The first-order chi connectivity index (χ1) is 13.8. The molecule has 1 saturated heterocycles. The van der Waals surface area contributed by atoms with E-state index in [1.165, 1.54) is 0 Å². The topological polar surface area (TPSA) is 90.7 Å². The zero-order valence-corrected chi connectivity index (χ0v) is 15.8. The van der Waals surface area contributed by atoms with E-state index < -0.39 is 0 Å². The molecule has 28 heavy (non-hydrogen) atoms. The van der Waals surface area contributed by atoms with Gasteiger partial charge in [-0.3, -0.25) is 9.58 Å². The lowest BCUT2D eigenvalue weighted by molar-refractivity contribution is 0.200. The zero-order valence-electron chi connectivity index (χ0n) is 15.8. The van der Waals surface area contributed by atoms with Gasteiger partial charge in [-0.25, -0.2) is 4.63 Å². The van der Waals surface area contributed by atoms with Crippen LogP contribution >= 0.6 is 0 Å². The molecule has 0 spiro atoms. The number of hydrogen-bond acceptors (Lipinski definition) is 7. The molecule has 3 aromatic heterocycles. The minimum absolute atomic E-state index is 0.435. The van der Waals surface area contributed by atoms with E-state index >= 15 is 0 Å². The summed E-state index contributed by atoms with van der Waals surface area (Å²) in [5.41, 5.74) is 2.84. The molecule has 9 nitrogen and oxygen atoms in total. The number of piperidine rings is 1. The summed E-state index contributed by atoms with van der Waals surface area (Å²) in [6.07, 6.45) is 5.86. The quantitative estimate of drug-likeness (QED) is 0.524. The second-order valence-corrected chi connectivity index (χ2v) is 7.34. The Morgan fingerprint density at radius 3 is 2.79 bits per heavy atom. The second kappa shape index (κ2) is 7.16. The molecule has 1 fully saturated rings. The van der Waals surface area contributed by atoms with Crippen LogP contribution in [0, 0.1) is 0 Å². The fraction of sp³-hybridized carbons (Fsp3) is 0.421. The minimum atomic E-state index is 0.435. The Labute approximate surface area is 161 Å². The molecule has 0 atom stereocenters. The third kappa shape index (κ3) is 3.18. The highest BCUT2D eigenvalue weighted by molar-refractivity contribution is 5.76. The van der Waals surface area contributed by atoms with Gasteiger partial charge in [-0.2, -0.15) is 5.10 Å². The van der Waals surface area contributed by atoms with Crippen LogP contribution in [0.4, 0.5) is 0 Å². The van der Waals surface area contributed by atoms with E-state index in [2.05, 4.69) is 48.2 Å². The first-order valence-corrected chi connectivity index (χ1v) is 9.56. The van der Waals surface area contributed by atoms with Crippen molar-refractivity contribution in [1.82, 2.24) is 39.8 Å². The molecule has 5 rings (SSSR count). The Balaban J connectivity index is 1.24. The van der Waals surface area contributed by atoms with Gasteiger partial charge in [0.1, 0.15) is 23.4 Å². The van der Waals surface area contributed by atoms with Gasteiger partial charge in [-0.05, 0) is 53.9 Å². The van der Waals surface area contributed by atoms with E-state index in [0.717, 1.165) is 60.7 Å². The highest BCUT2D eigenvalue weighted by Crippen LogP contribution is 2.28. The highest BCUT2D eigenvalue weighted by Gasteiger charge is 2.25. The number of aromatic nitrogens is 7. The van der Waals surface area contributed by atoms with E-state index in [9.17, 15) is 0 Å². The summed E-state index contributed by atoms with van der Waals surface area (Å²) in [4.78, 5) is 2.46. The van der Waals surface area contributed by atoms with Crippen LogP contribution in [-0.2, 0) is 20.1 Å². The van der Waals surface area contributed by atoms with E-state index in [4.69, 9.17) is 4.63 Å². The van der Waals surface area contributed by atoms with Gasteiger partial charge >= 0.3 is 0 Å². The largest absolute Gasteiger partial charge is 0.316 e. The molecule has 4 aromatic rings. The van der Waals surface area contributed by atoms with Crippen molar-refractivity contribution in [3.8, 4) is 0 Å². The molecule has 4 heterocycles. The highest BCUT2D eigenvalue weighted by atomic mass is 16.6. The van der Waals surface area contributed by atoms with Gasteiger partial charge in [0.15, 0.2) is 5.82 Å². The lowest BCUT2D eigenvalue weighted by Crippen LogP contribution is -2.33. The molecular formula is C19H22N8O. The second-order valence-electron chi connectivity index (χ2n) is 7.34. The monoisotopic (exact) mass is 378 g/mol. The average molecular weight is 378 g/mol. The third-order valence-corrected chi connectivity index (χ3v) is 5.58. The third-order valence-electron chi connectivity index (χ3n) is 5.58. The van der Waals surface area contributed by atoms with Gasteiger partial charge in [0, 0.05) is 31.9 Å². The van der Waals surface area contributed by atoms with Crippen molar-refractivity contribution in [1.29, 1.82) is 0 Å². The van der Waals surface area contributed by atoms with Crippen molar-refractivity contribution >= 4 is 11.0 Å². The number of likely N-dealkylation sites (tertiary alicyclic amines) is 1. The van der Waals surface area contributed by atoms with Gasteiger partial charge in [-0.1, -0.05) is 12.1 Å². The fourth-order valence-electron chi connectivity index (χ4n) is 3.99. The van der Waals surface area contributed by atoms with Crippen molar-refractivity contribution < 1.29 is 4.63 Å². The summed E-state index contributed by atoms with van der Waals surface area (Å²) in [5, 5.41) is 21.1. The summed E-state index contributed by atoms with van der Waals surface area (Å²) in [7, 11) is 2.05. The van der Waals surface area contributed by atoms with E-state index in [0.29, 0.717) is 12.5 Å². The number of benzene rings is 1. The van der Waals surface area contributed by atoms with Crippen LogP contribution < -0.4 is 0 Å². The molecule has 1 aromatic carbocycles. The van der Waals surface area contributed by atoms with Crippen molar-refractivity contribution in [2.24, 2.45) is 7.05 Å². The molecule has 1 aliphatic rings. The van der Waals surface area contributed by atoms with Crippen molar-refractivity contribution in [2.45, 2.75) is 31.8 Å². The maximum atomic E-state index is 4.88. The summed E-state index contributed by atoms with van der Waals surface area (Å²) in [6, 6.07) is 7.96. The van der Waals surface area contributed by atoms with Crippen molar-refractivity contribution in [3.63, 3.8) is 0 Å². The Morgan fingerprint density at radius 1 is 1.07 bits per heavy atom. The number of rotatable bonds is 5. The summed E-state index contributed by atoms with van der Waals surface area (Å²) >= 11 is 0. The molecule has 9 heteroatoms. The Hall–Kier alpha value is -3.07. The Bertz CT molecular complexity index is 1060. The molecule has 144 valence electrons. The van der Waals surface area contributed by atoms with Crippen LogP contribution in [0.5, 0.6) is 0 Å². The van der Waals surface area contributed by atoms with Gasteiger partial charge < -0.3 is 4.57 Å². The van der Waals surface area contributed by atoms with Gasteiger partial charge in [0.05, 0.1) is 0 Å². The summed E-state index contributed by atoms with van der Waals surface area (Å²) in [5.74, 6) is 2.44. The molecular weight excluding hydrogens is 356 g/mol. The van der Waals surface area contributed by atoms with Crippen LogP contribution in [0.2, 0.25) is 0 Å². The van der Waals surface area contributed by atoms with E-state index in [-0.39, 0.29) is 0 Å². The Morgan fingerprint density at radius 2 is 1.96 bits per heavy atom. The van der Waals surface area contributed by atoms with Crippen LogP contribution in [0.15, 0.2) is 41.3 Å². The predicted octanol–water partition coefficient (Wildman–Crippen LogP) is 1.98. The van der Waals surface area contributed by atoms with Crippen LogP contribution in [0.1, 0.15) is 36.0 Å². The standard InChI is InChI=1S/C19H22N8O/c1-25-17(13-27-9-3-8-20-27)21-22-19(25)14-6-10-26(11-7-14)12-15-4-2-5-16-18(15)24-28-23-16/h2-5,8-9,14H,6-7,10-13H2,1H3. The number of nitrogens with zero attached hydrogens (tertiary/aromatic N) is 8. The lowest BCUT2D eigenvalue weighted by Gasteiger charge is -2.31. The van der Waals surface area contributed by atoms with Crippen LogP contribution in [0.3, 0.4) is 0 Å². The molecule has 0 amide bonds. The van der Waals surface area contributed by atoms with E-state index in [1.54, 1.807) is 6.20 Å². The Kier molecular flexibility index (Phi) is 4.36. The van der Waals surface area contributed by atoms with Gasteiger partial charge in [-0.15, -0.1) is 10.2 Å². The summed E-state index contributed by atoms with van der Waals surface area (Å²) < 4.78 is 8.88. The first kappa shape index (κ1) is 17.1. The van der Waals surface area contributed by atoms with Crippen molar-refractivity contribution in [2.75, 3.05) is 13.1 Å². The fourth-order valence-corrected chi connectivity index (χ4v) is 3.99. The van der Waals surface area contributed by atoms with Gasteiger partial charge in [0.2, 0.25) is 0 Å². The van der Waals surface area contributed by atoms with Crippen molar-refractivity contribution in [3.05, 3.63) is 53.9 Å². The zero-order chi connectivity index (χ0) is 18.9. The first-order valence-electron chi connectivity index (χ1n) is 9.56. The molecule has 0 unspecified atom stereocenters. The molecule has 0 saturated carbocycles. The minimum Gasteiger partial charge on any atom is -0.316 e. The predicted molar refractivity (Wildman–Crippen MR) is 101 cm³/mol. The maximum absolute atomic E-state index is 4.88. The average Bonchev–Trinajstić information content (AvgIpc) is 3.46. The SMILES string of the molecule is Cn1c(Cn2cccn2)nnc1C1CCN(Cc2cccc3nonc23)CC1. The van der Waals surface area contributed by atoms with Crippen LogP contribution in [-0.4, -0.2) is 52.8 Å². The lowest BCUT2D eigenvalue weighted by atomic mass is 9.95. The molecule has 0 aliphatic carbocycles. The number of hydrogen-bond donors (Lipinski definition) is 0. The smallest absolute Gasteiger partial charge is 0.154 e. The summed E-state index contributed by atoms with van der Waals surface area (Å²) in [6.45, 7) is 3.55. The molecule has 0 N–H and O–H groups in total. The van der Waals surface area contributed by atoms with Gasteiger partial charge in [0.25, 0.3) is 0 Å². The molecule has 0 bridgehead atoms. The van der Waals surface area contributed by atoms with Crippen LogP contribution in [0.25, 0.3) is 11.0 Å². The number of fused-ring (bicyclic) bond motifs is 1. The maximum Gasteiger partial charge on any atom is 0.154 e.